The Bertz CT molecular complexity index is 1060. The van der Waals surface area contributed by atoms with E-state index in [0.717, 1.165) is 60.5 Å². The van der Waals surface area contributed by atoms with Gasteiger partial charge in [-0.1, -0.05) is 6.07 Å². The molecule has 2 aromatic carbocycles. The second-order valence-corrected chi connectivity index (χ2v) is 9.05. The van der Waals surface area contributed by atoms with Crippen LogP contribution in [0.5, 0.6) is 28.7 Å². The van der Waals surface area contributed by atoms with Crippen molar-refractivity contribution in [2.24, 2.45) is 10.9 Å². The van der Waals surface area contributed by atoms with Gasteiger partial charge in [0.15, 0.2) is 23.0 Å². The van der Waals surface area contributed by atoms with Gasteiger partial charge in [0.2, 0.25) is 6.79 Å². The molecule has 1 saturated heterocycles. The molecule has 11 nitrogen and oxygen atoms in total. The van der Waals surface area contributed by atoms with E-state index in [1.807, 2.05) is 30.3 Å². The number of rotatable bonds is 8. The molecule has 4 rings (SSSR count). The zero-order valence-corrected chi connectivity index (χ0v) is 20.8. The SMILES string of the molecule is COc1ccc(CCN=C2CC(COc3ccc4c(c3)OCO4)CN2C)cc1OC.O=P(O)(O)O. The van der Waals surface area contributed by atoms with Crippen molar-refractivity contribution >= 4 is 13.7 Å². The average molecular weight is 510 g/mol. The number of likely N-dealkylation sites (tertiary alicyclic amines) is 1. The van der Waals surface area contributed by atoms with Crippen LogP contribution in [0, 0.1) is 5.92 Å². The van der Waals surface area contributed by atoms with E-state index in [9.17, 15) is 0 Å². The zero-order chi connectivity index (χ0) is 25.4. The molecule has 2 aliphatic rings. The molecule has 3 N–H and O–H groups in total. The third kappa shape index (κ3) is 8.32. The van der Waals surface area contributed by atoms with Crippen molar-refractivity contribution in [2.45, 2.75) is 12.8 Å². The number of aliphatic imine (C=N–C) groups is 1. The summed E-state index contributed by atoms with van der Waals surface area (Å²) in [6.45, 7) is 2.61. The highest BCUT2D eigenvalue weighted by molar-refractivity contribution is 7.45. The smallest absolute Gasteiger partial charge is 0.466 e. The molecular weight excluding hydrogens is 479 g/mol. The lowest BCUT2D eigenvalue weighted by Gasteiger charge is -2.13. The molecule has 0 aliphatic carbocycles. The molecule has 1 atom stereocenters. The summed E-state index contributed by atoms with van der Waals surface area (Å²) in [7, 11) is 0.753. The van der Waals surface area contributed by atoms with E-state index in [4.69, 9.17) is 47.9 Å². The van der Waals surface area contributed by atoms with Crippen molar-refractivity contribution in [1.82, 2.24) is 4.90 Å². The van der Waals surface area contributed by atoms with Gasteiger partial charge < -0.3 is 43.3 Å². The van der Waals surface area contributed by atoms with Crippen molar-refractivity contribution in [3.63, 3.8) is 0 Å². The fraction of sp³-hybridized carbons (Fsp3) is 0.435. The van der Waals surface area contributed by atoms with Crippen LogP contribution in [0.4, 0.5) is 0 Å². The molecule has 2 aliphatic heterocycles. The summed E-state index contributed by atoms with van der Waals surface area (Å²) in [6.07, 6.45) is 1.78. The Hall–Kier alpha value is -2.98. The second kappa shape index (κ2) is 12.1. The van der Waals surface area contributed by atoms with Crippen LogP contribution in [0.1, 0.15) is 12.0 Å². The highest BCUT2D eigenvalue weighted by Crippen LogP contribution is 2.35. The Labute approximate surface area is 204 Å². The molecule has 35 heavy (non-hydrogen) atoms. The van der Waals surface area contributed by atoms with Crippen LogP contribution in [0.25, 0.3) is 0 Å². The first-order valence-electron chi connectivity index (χ1n) is 10.9. The van der Waals surface area contributed by atoms with Crippen LogP contribution in [-0.2, 0) is 11.0 Å². The predicted molar refractivity (Wildman–Crippen MR) is 129 cm³/mol. The minimum Gasteiger partial charge on any atom is -0.493 e. The number of methoxy groups -OCH3 is 2. The van der Waals surface area contributed by atoms with E-state index < -0.39 is 7.82 Å². The lowest BCUT2D eigenvalue weighted by Crippen LogP contribution is -2.21. The van der Waals surface area contributed by atoms with E-state index in [2.05, 4.69) is 18.0 Å². The lowest BCUT2D eigenvalue weighted by atomic mass is 10.1. The summed E-state index contributed by atoms with van der Waals surface area (Å²) in [5.41, 5.74) is 1.18. The average Bonchev–Trinajstić information content (AvgIpc) is 3.42. The van der Waals surface area contributed by atoms with E-state index in [0.29, 0.717) is 12.5 Å². The summed E-state index contributed by atoms with van der Waals surface area (Å²) in [5, 5.41) is 0. The predicted octanol–water partition coefficient (Wildman–Crippen LogP) is 2.48. The van der Waals surface area contributed by atoms with Crippen molar-refractivity contribution in [3.8, 4) is 28.7 Å². The second-order valence-electron chi connectivity index (χ2n) is 8.03. The van der Waals surface area contributed by atoms with E-state index in [-0.39, 0.29) is 6.79 Å². The number of hydrogen-bond donors (Lipinski definition) is 3. The van der Waals surface area contributed by atoms with Gasteiger partial charge in [0.05, 0.1) is 26.7 Å². The Morgan fingerprint density at radius 1 is 1.06 bits per heavy atom. The topological polar surface area (TPSA) is 140 Å². The van der Waals surface area contributed by atoms with Crippen molar-refractivity contribution in [1.29, 1.82) is 0 Å². The van der Waals surface area contributed by atoms with Gasteiger partial charge in [-0.2, -0.15) is 0 Å². The summed E-state index contributed by atoms with van der Waals surface area (Å²) in [5.74, 6) is 5.37. The van der Waals surface area contributed by atoms with Gasteiger partial charge in [0, 0.05) is 38.5 Å². The maximum absolute atomic E-state index is 8.88. The molecule has 2 heterocycles. The van der Waals surface area contributed by atoms with Gasteiger partial charge in [-0.05, 0) is 36.2 Å². The number of phosphoric acid groups is 1. The maximum Gasteiger partial charge on any atom is 0.466 e. The highest BCUT2D eigenvalue weighted by atomic mass is 31.2. The first kappa shape index (κ1) is 26.6. The highest BCUT2D eigenvalue weighted by Gasteiger charge is 2.26. The third-order valence-corrected chi connectivity index (χ3v) is 5.42. The van der Waals surface area contributed by atoms with Gasteiger partial charge >= 0.3 is 7.82 Å². The summed E-state index contributed by atoms with van der Waals surface area (Å²) in [4.78, 5) is 28.6. The molecule has 0 saturated carbocycles. The largest absolute Gasteiger partial charge is 0.493 e. The van der Waals surface area contributed by atoms with Crippen molar-refractivity contribution in [2.75, 3.05) is 47.8 Å². The number of fused-ring (bicyclic) bond motifs is 1. The summed E-state index contributed by atoms with van der Waals surface area (Å²) < 4.78 is 36.3. The van der Waals surface area contributed by atoms with Gasteiger partial charge in [-0.3, -0.25) is 4.99 Å². The molecule has 0 amide bonds. The number of hydrogen-bond acceptors (Lipinski definition) is 7. The lowest BCUT2D eigenvalue weighted by molar-refractivity contribution is 0.173. The molecule has 12 heteroatoms. The Morgan fingerprint density at radius 3 is 2.49 bits per heavy atom. The van der Waals surface area contributed by atoms with E-state index in [1.54, 1.807) is 14.2 Å². The Morgan fingerprint density at radius 2 is 1.77 bits per heavy atom. The van der Waals surface area contributed by atoms with Crippen LogP contribution in [0.2, 0.25) is 0 Å². The minimum atomic E-state index is -4.64. The van der Waals surface area contributed by atoms with Gasteiger partial charge in [-0.15, -0.1) is 0 Å². The number of benzene rings is 2. The standard InChI is InChI=1S/C23H28N2O5.H3O4P/c1-25-13-17(14-28-18-5-7-20-22(12-18)30-15-29-20)11-23(25)24-9-8-16-4-6-19(26-2)21(10-16)27-3;1-5(2,3)4/h4-7,10,12,17H,8-9,11,13-15H2,1-3H3;(H3,1,2,3,4). The van der Waals surface area contributed by atoms with Crippen molar-refractivity contribution < 1.29 is 42.9 Å². The Balaban J connectivity index is 0.000000623. The fourth-order valence-corrected chi connectivity index (χ4v) is 3.80. The van der Waals surface area contributed by atoms with Crippen LogP contribution >= 0.6 is 7.82 Å². The van der Waals surface area contributed by atoms with Crippen LogP contribution in [0.3, 0.4) is 0 Å². The minimum absolute atomic E-state index is 0.273. The maximum atomic E-state index is 8.88. The summed E-state index contributed by atoms with van der Waals surface area (Å²) >= 11 is 0. The van der Waals surface area contributed by atoms with Crippen molar-refractivity contribution in [3.05, 3.63) is 42.0 Å². The summed E-state index contributed by atoms with van der Waals surface area (Å²) in [6, 6.07) is 11.7. The van der Waals surface area contributed by atoms with E-state index in [1.165, 1.54) is 5.56 Å². The molecule has 0 spiro atoms. The first-order chi connectivity index (χ1) is 16.7. The first-order valence-corrected chi connectivity index (χ1v) is 12.5. The zero-order valence-electron chi connectivity index (χ0n) is 19.9. The van der Waals surface area contributed by atoms with Crippen LogP contribution < -0.4 is 23.7 Å². The quantitative estimate of drug-likeness (QED) is 0.454. The number of ether oxygens (including phenoxy) is 5. The monoisotopic (exact) mass is 510 g/mol. The van der Waals surface area contributed by atoms with Crippen LogP contribution in [0.15, 0.2) is 41.4 Å². The molecule has 0 bridgehead atoms. The molecular formula is C23H31N2O9P. The molecule has 0 radical (unpaired) electrons. The molecule has 2 aromatic rings. The Kier molecular flexibility index (Phi) is 9.22. The number of nitrogens with zero attached hydrogens (tertiary/aromatic N) is 2. The third-order valence-electron chi connectivity index (χ3n) is 5.42. The normalized spacial score (nSPS) is 17.7. The molecule has 1 unspecified atom stereocenters. The molecule has 192 valence electrons. The molecule has 1 fully saturated rings. The van der Waals surface area contributed by atoms with Gasteiger partial charge in [0.25, 0.3) is 0 Å². The number of amidine groups is 1. The van der Waals surface area contributed by atoms with E-state index >= 15 is 0 Å². The van der Waals surface area contributed by atoms with Gasteiger partial charge in [-0.25, -0.2) is 4.57 Å². The fourth-order valence-electron chi connectivity index (χ4n) is 3.80. The molecule has 0 aromatic heterocycles. The van der Waals surface area contributed by atoms with Gasteiger partial charge in [0.1, 0.15) is 5.75 Å². The van der Waals surface area contributed by atoms with Crippen LogP contribution in [-0.4, -0.2) is 73.2 Å².